The minimum absolute atomic E-state index is 0.250. The summed E-state index contributed by atoms with van der Waals surface area (Å²) in [6.07, 6.45) is 0. The smallest absolute Gasteiger partial charge is 0.208 e. The Morgan fingerprint density at radius 3 is 1.30 bits per heavy atom. The van der Waals surface area contributed by atoms with Gasteiger partial charge in [-0.3, -0.25) is 0 Å². The molecule has 0 unspecified atom stereocenters. The van der Waals surface area contributed by atoms with E-state index in [9.17, 15) is 0 Å². The van der Waals surface area contributed by atoms with Gasteiger partial charge >= 0.3 is 0 Å². The third-order valence-corrected chi connectivity index (χ3v) is 2.31. The fourth-order valence-electron chi connectivity index (χ4n) is 0.770. The van der Waals surface area contributed by atoms with E-state index in [1.165, 1.54) is 0 Å². The number of rotatable bonds is 2. The maximum Gasteiger partial charge on any atom is 0.208 e. The Labute approximate surface area is 71.5 Å². The minimum atomic E-state index is 0.250. The maximum atomic E-state index is 7.57. The highest BCUT2D eigenvalue weighted by molar-refractivity contribution is 6.38. The van der Waals surface area contributed by atoms with Crippen LogP contribution in [0.1, 0.15) is 34.6 Å². The molecule has 1 nitrogen and oxygen atoms in total. The standard InChI is InChI=1S/2C3H7.C2H6O.Al/c2*1-3-2;1-2-3;/h2*3H,1-2H3;3H,2H2,1H3;. The average Bonchev–Trinajstić information content (AvgIpc) is 1.62. The maximum absolute atomic E-state index is 7.57. The van der Waals surface area contributed by atoms with Crippen LogP contribution in [-0.4, -0.2) is 26.9 Å². The Hall–Kier alpha value is 0.492. The highest BCUT2D eigenvalue weighted by Crippen LogP contribution is 2.07. The molecule has 0 aromatic heterocycles. The van der Waals surface area contributed by atoms with Crippen LogP contribution in [0.5, 0.6) is 0 Å². The van der Waals surface area contributed by atoms with Crippen LogP contribution in [-0.2, 0) is 0 Å². The molecule has 61 valence electrons. The molecule has 2 heteroatoms. The zero-order valence-electron chi connectivity index (χ0n) is 7.89. The van der Waals surface area contributed by atoms with Crippen molar-refractivity contribution in [3.05, 3.63) is 0 Å². The second-order valence-electron chi connectivity index (χ2n) is 3.00. The normalized spacial score (nSPS) is 9.20. The van der Waals surface area contributed by atoms with Crippen molar-refractivity contribution >= 4 is 15.2 Å². The molecule has 1 radical (unpaired) electrons. The van der Waals surface area contributed by atoms with E-state index in [0.29, 0.717) is 15.2 Å². The van der Waals surface area contributed by atoms with Crippen molar-refractivity contribution in [1.82, 2.24) is 0 Å². The third-order valence-electron chi connectivity index (χ3n) is 0.770. The molecule has 0 bridgehead atoms. The Bertz CT molecular complexity index is 47.2. The van der Waals surface area contributed by atoms with Crippen LogP contribution in [0.2, 0.25) is 9.56 Å². The van der Waals surface area contributed by atoms with Crippen molar-refractivity contribution in [3.8, 4) is 0 Å². The van der Waals surface area contributed by atoms with Crippen molar-refractivity contribution in [3.63, 3.8) is 0 Å². The Morgan fingerprint density at radius 1 is 1.10 bits per heavy atom. The van der Waals surface area contributed by atoms with Crippen LogP contribution in [0.15, 0.2) is 0 Å². The fourth-order valence-corrected chi connectivity index (χ4v) is 2.31. The second-order valence-corrected chi connectivity index (χ2v) is 6.05. The van der Waals surface area contributed by atoms with Crippen molar-refractivity contribution in [2.24, 2.45) is 0 Å². The van der Waals surface area contributed by atoms with Crippen LogP contribution in [0.4, 0.5) is 0 Å². The van der Waals surface area contributed by atoms with Gasteiger partial charge in [0.05, 0.1) is 0 Å². The molecular weight excluding hydrogens is 139 g/mol. The summed E-state index contributed by atoms with van der Waals surface area (Å²) in [5.74, 6) is 0. The Balaban J connectivity index is 0. The molecule has 0 aliphatic heterocycles. The number of hydrogen-bond acceptors (Lipinski definition) is 1. The van der Waals surface area contributed by atoms with Gasteiger partial charge in [-0.2, -0.15) is 0 Å². The van der Waals surface area contributed by atoms with Gasteiger partial charge in [-0.1, -0.05) is 37.3 Å². The second kappa shape index (κ2) is 9.49. The summed E-state index contributed by atoms with van der Waals surface area (Å²) in [6, 6.07) is 0. The molecule has 0 fully saturated rings. The lowest BCUT2D eigenvalue weighted by molar-refractivity contribution is 0.318. The quantitative estimate of drug-likeness (QED) is 0.613. The van der Waals surface area contributed by atoms with Gasteiger partial charge < -0.3 is 5.11 Å². The Kier molecular flexibility index (Phi) is 12.4. The molecule has 0 aromatic rings. The molecule has 0 aromatic carbocycles. The first-order valence-corrected chi connectivity index (χ1v) is 5.33. The number of aliphatic hydroxyl groups is 1. The highest BCUT2D eigenvalue weighted by atomic mass is 27.1. The summed E-state index contributed by atoms with van der Waals surface area (Å²) in [6.45, 7) is 11.1. The molecule has 1 N–H and O–H groups in total. The highest BCUT2D eigenvalue weighted by Gasteiger charge is 1.99. The molecule has 0 spiro atoms. The zero-order valence-corrected chi connectivity index (χ0v) is 9.04. The van der Waals surface area contributed by atoms with Gasteiger partial charge in [0.1, 0.15) is 0 Å². The molecular formula is C8H20AlO. The SMILES string of the molecule is CCO.C[CH](C)[Al][CH](C)C. The molecule has 0 aliphatic rings. The van der Waals surface area contributed by atoms with E-state index in [0.717, 1.165) is 9.56 Å². The lowest BCUT2D eigenvalue weighted by Gasteiger charge is -2.02. The largest absolute Gasteiger partial charge is 0.397 e. The fraction of sp³-hybridized carbons (Fsp3) is 1.00. The topological polar surface area (TPSA) is 20.2 Å². The van der Waals surface area contributed by atoms with Gasteiger partial charge in [0.25, 0.3) is 0 Å². The van der Waals surface area contributed by atoms with Gasteiger partial charge in [0, 0.05) is 6.61 Å². The van der Waals surface area contributed by atoms with E-state index in [1.807, 2.05) is 0 Å². The van der Waals surface area contributed by atoms with Gasteiger partial charge in [-0.25, -0.2) is 0 Å². The van der Waals surface area contributed by atoms with Crippen molar-refractivity contribution in [2.75, 3.05) is 6.61 Å². The first-order chi connectivity index (χ1) is 4.54. The van der Waals surface area contributed by atoms with Crippen LogP contribution in [0, 0.1) is 0 Å². The van der Waals surface area contributed by atoms with Crippen molar-refractivity contribution < 1.29 is 5.11 Å². The van der Waals surface area contributed by atoms with Crippen LogP contribution < -0.4 is 0 Å². The molecule has 0 saturated heterocycles. The van der Waals surface area contributed by atoms with E-state index in [4.69, 9.17) is 5.11 Å². The predicted octanol–water partition coefficient (Wildman–Crippen LogP) is 2.35. The average molecular weight is 159 g/mol. The van der Waals surface area contributed by atoms with E-state index in [2.05, 4.69) is 27.7 Å². The first kappa shape index (κ1) is 13.1. The van der Waals surface area contributed by atoms with Gasteiger partial charge in [-0.05, 0) is 6.92 Å². The van der Waals surface area contributed by atoms with Gasteiger partial charge in [0.2, 0.25) is 15.2 Å². The van der Waals surface area contributed by atoms with Gasteiger partial charge in [0.15, 0.2) is 0 Å². The lowest BCUT2D eigenvalue weighted by atomic mass is 10.5. The van der Waals surface area contributed by atoms with E-state index < -0.39 is 0 Å². The van der Waals surface area contributed by atoms with Crippen LogP contribution in [0.3, 0.4) is 0 Å². The molecule has 0 heterocycles. The summed E-state index contributed by atoms with van der Waals surface area (Å²) in [4.78, 5) is 0. The molecule has 0 aliphatic carbocycles. The first-order valence-electron chi connectivity index (χ1n) is 4.00. The summed E-state index contributed by atoms with van der Waals surface area (Å²) in [7, 11) is 0. The van der Waals surface area contributed by atoms with Crippen molar-refractivity contribution in [2.45, 2.75) is 44.2 Å². The van der Waals surface area contributed by atoms with E-state index in [-0.39, 0.29) is 6.61 Å². The predicted molar refractivity (Wildman–Crippen MR) is 48.7 cm³/mol. The molecule has 0 amide bonds. The number of aliphatic hydroxyl groups excluding tert-OH is 1. The van der Waals surface area contributed by atoms with Crippen LogP contribution in [0.25, 0.3) is 0 Å². The summed E-state index contributed by atoms with van der Waals surface area (Å²) in [5, 5.41) is 7.57. The zero-order chi connectivity index (χ0) is 8.57. The molecule has 0 saturated carbocycles. The van der Waals surface area contributed by atoms with Crippen LogP contribution >= 0.6 is 0 Å². The molecule has 10 heavy (non-hydrogen) atoms. The number of hydrogen-bond donors (Lipinski definition) is 1. The summed E-state index contributed by atoms with van der Waals surface area (Å²) in [5.41, 5.74) is 0. The van der Waals surface area contributed by atoms with Gasteiger partial charge in [-0.15, -0.1) is 0 Å². The van der Waals surface area contributed by atoms with E-state index >= 15 is 0 Å². The summed E-state index contributed by atoms with van der Waals surface area (Å²) >= 11 is 0.713. The Morgan fingerprint density at radius 2 is 1.30 bits per heavy atom. The monoisotopic (exact) mass is 159 g/mol. The lowest BCUT2D eigenvalue weighted by Crippen LogP contribution is -1.98. The molecule has 0 rings (SSSR count). The summed E-state index contributed by atoms with van der Waals surface area (Å²) < 4.78 is 1.92. The minimum Gasteiger partial charge on any atom is -0.397 e. The van der Waals surface area contributed by atoms with Crippen molar-refractivity contribution in [1.29, 1.82) is 0 Å². The third kappa shape index (κ3) is 23.6. The van der Waals surface area contributed by atoms with E-state index in [1.54, 1.807) is 6.92 Å². The molecule has 0 atom stereocenters.